The van der Waals surface area contributed by atoms with Crippen molar-refractivity contribution in [3.8, 4) is 11.1 Å². The minimum Gasteiger partial charge on any atom is -0.478 e. The molecule has 2 aromatic carbocycles. The van der Waals surface area contributed by atoms with Crippen molar-refractivity contribution in [1.82, 2.24) is 4.90 Å². The van der Waals surface area contributed by atoms with Gasteiger partial charge in [0.15, 0.2) is 0 Å². The molecular formula is C18H21NO3. The Balaban J connectivity index is 2.57. The Morgan fingerprint density at radius 1 is 1.14 bits per heavy atom. The number of likely N-dealkylation sites (N-methyl/N-ethyl adjacent to an activating group) is 1. The van der Waals surface area contributed by atoms with Crippen molar-refractivity contribution < 1.29 is 15.0 Å². The smallest absolute Gasteiger partial charge is 0.335 e. The van der Waals surface area contributed by atoms with Crippen molar-refractivity contribution >= 4 is 5.97 Å². The van der Waals surface area contributed by atoms with Gasteiger partial charge in [0.1, 0.15) is 0 Å². The third kappa shape index (κ3) is 3.53. The van der Waals surface area contributed by atoms with Gasteiger partial charge in [-0.15, -0.1) is 0 Å². The molecule has 0 saturated carbocycles. The molecule has 0 fully saturated rings. The van der Waals surface area contributed by atoms with Crippen LogP contribution in [-0.2, 0) is 0 Å². The molecule has 0 amide bonds. The fraction of sp³-hybridized carbons (Fsp3) is 0.278. The molecule has 2 N–H and O–H groups in total. The standard InChI is InChI=1S/C18H21NO3/c1-12-15(17(20)11-19(2)3)9-14(10-16(12)18(21)22)13-7-5-4-6-8-13/h4-10,17,20H,11H2,1-3H3,(H,21,22). The molecule has 2 aromatic rings. The Kier molecular flexibility index (Phi) is 4.96. The highest BCUT2D eigenvalue weighted by atomic mass is 16.4. The van der Waals surface area contributed by atoms with Gasteiger partial charge in [-0.2, -0.15) is 0 Å². The van der Waals surface area contributed by atoms with E-state index in [1.807, 2.05) is 55.4 Å². The highest BCUT2D eigenvalue weighted by Crippen LogP contribution is 2.29. The summed E-state index contributed by atoms with van der Waals surface area (Å²) in [7, 11) is 3.75. The Morgan fingerprint density at radius 2 is 1.77 bits per heavy atom. The molecule has 2 rings (SSSR count). The zero-order valence-corrected chi connectivity index (χ0v) is 13.1. The molecule has 4 nitrogen and oxygen atoms in total. The second-order valence-electron chi connectivity index (χ2n) is 5.69. The van der Waals surface area contributed by atoms with Gasteiger partial charge >= 0.3 is 5.97 Å². The van der Waals surface area contributed by atoms with Crippen LogP contribution in [0.2, 0.25) is 0 Å². The van der Waals surface area contributed by atoms with Gasteiger partial charge in [0.25, 0.3) is 0 Å². The molecule has 1 unspecified atom stereocenters. The van der Waals surface area contributed by atoms with Crippen LogP contribution in [-0.4, -0.2) is 41.7 Å². The van der Waals surface area contributed by atoms with E-state index in [2.05, 4.69) is 0 Å². The zero-order chi connectivity index (χ0) is 16.3. The van der Waals surface area contributed by atoms with Crippen molar-refractivity contribution in [2.75, 3.05) is 20.6 Å². The summed E-state index contributed by atoms with van der Waals surface area (Å²) in [6, 6.07) is 13.1. The van der Waals surface area contributed by atoms with E-state index >= 15 is 0 Å². The third-order valence-corrected chi connectivity index (χ3v) is 3.68. The van der Waals surface area contributed by atoms with E-state index in [1.54, 1.807) is 13.0 Å². The van der Waals surface area contributed by atoms with Crippen molar-refractivity contribution in [1.29, 1.82) is 0 Å². The van der Waals surface area contributed by atoms with Crippen LogP contribution >= 0.6 is 0 Å². The SMILES string of the molecule is Cc1c(C(=O)O)cc(-c2ccccc2)cc1C(O)CN(C)C. The van der Waals surface area contributed by atoms with Crippen LogP contribution < -0.4 is 0 Å². The summed E-state index contributed by atoms with van der Waals surface area (Å²) in [6.07, 6.45) is -0.725. The number of benzene rings is 2. The number of aliphatic hydroxyl groups is 1. The molecule has 0 aliphatic rings. The van der Waals surface area contributed by atoms with E-state index in [-0.39, 0.29) is 5.56 Å². The molecule has 0 heterocycles. The lowest BCUT2D eigenvalue weighted by Gasteiger charge is -2.20. The number of carboxylic acids is 1. The highest BCUT2D eigenvalue weighted by Gasteiger charge is 2.19. The van der Waals surface area contributed by atoms with Gasteiger partial charge in [0.05, 0.1) is 11.7 Å². The van der Waals surface area contributed by atoms with Gasteiger partial charge in [-0.1, -0.05) is 30.3 Å². The monoisotopic (exact) mass is 299 g/mol. The van der Waals surface area contributed by atoms with Crippen LogP contribution in [0.5, 0.6) is 0 Å². The predicted octanol–water partition coefficient (Wildman–Crippen LogP) is 2.96. The first kappa shape index (κ1) is 16.2. The molecular weight excluding hydrogens is 278 g/mol. The summed E-state index contributed by atoms with van der Waals surface area (Å²) in [5.41, 5.74) is 3.24. The van der Waals surface area contributed by atoms with Crippen molar-refractivity contribution in [2.45, 2.75) is 13.0 Å². The van der Waals surface area contributed by atoms with Crippen LogP contribution in [0.15, 0.2) is 42.5 Å². The first-order chi connectivity index (χ1) is 10.4. The molecule has 0 aliphatic carbocycles. The van der Waals surface area contributed by atoms with E-state index in [0.29, 0.717) is 17.7 Å². The molecule has 22 heavy (non-hydrogen) atoms. The number of rotatable bonds is 5. The number of aromatic carboxylic acids is 1. The summed E-state index contributed by atoms with van der Waals surface area (Å²) in [5, 5.41) is 19.8. The van der Waals surface area contributed by atoms with Crippen LogP contribution in [0.4, 0.5) is 0 Å². The number of hydrogen-bond acceptors (Lipinski definition) is 3. The van der Waals surface area contributed by atoms with Gasteiger partial charge in [-0.3, -0.25) is 0 Å². The van der Waals surface area contributed by atoms with Gasteiger partial charge in [0.2, 0.25) is 0 Å². The molecule has 116 valence electrons. The number of hydrogen-bond donors (Lipinski definition) is 2. The molecule has 0 saturated heterocycles. The van der Waals surface area contributed by atoms with Gasteiger partial charge < -0.3 is 15.1 Å². The van der Waals surface area contributed by atoms with Gasteiger partial charge in [0, 0.05) is 6.54 Å². The first-order valence-corrected chi connectivity index (χ1v) is 7.16. The van der Waals surface area contributed by atoms with Crippen LogP contribution in [0, 0.1) is 6.92 Å². The van der Waals surface area contributed by atoms with E-state index in [9.17, 15) is 15.0 Å². The molecule has 4 heteroatoms. The Labute approximate surface area is 130 Å². The minimum absolute atomic E-state index is 0.231. The number of carboxylic acid groups (broad SMARTS) is 1. The number of aliphatic hydroxyl groups excluding tert-OH is 1. The zero-order valence-electron chi connectivity index (χ0n) is 13.1. The second-order valence-corrected chi connectivity index (χ2v) is 5.69. The normalized spacial score (nSPS) is 12.4. The fourth-order valence-electron chi connectivity index (χ4n) is 2.55. The maximum Gasteiger partial charge on any atom is 0.335 e. The summed E-state index contributed by atoms with van der Waals surface area (Å²) < 4.78 is 0. The van der Waals surface area contributed by atoms with Crippen LogP contribution in [0.3, 0.4) is 0 Å². The van der Waals surface area contributed by atoms with E-state index in [0.717, 1.165) is 11.1 Å². The molecule has 0 spiro atoms. The van der Waals surface area contributed by atoms with Crippen LogP contribution in [0.25, 0.3) is 11.1 Å². The summed E-state index contributed by atoms with van der Waals surface area (Å²) in [5.74, 6) is -0.978. The van der Waals surface area contributed by atoms with Gasteiger partial charge in [-0.05, 0) is 55.4 Å². The minimum atomic E-state index is -0.978. The van der Waals surface area contributed by atoms with E-state index in [1.165, 1.54) is 0 Å². The maximum absolute atomic E-state index is 11.5. The largest absolute Gasteiger partial charge is 0.478 e. The highest BCUT2D eigenvalue weighted by molar-refractivity contribution is 5.91. The number of nitrogens with zero attached hydrogens (tertiary/aromatic N) is 1. The molecule has 0 aliphatic heterocycles. The Bertz CT molecular complexity index is 666. The molecule has 0 bridgehead atoms. The average Bonchev–Trinajstić information content (AvgIpc) is 2.47. The van der Waals surface area contributed by atoms with Gasteiger partial charge in [-0.25, -0.2) is 4.79 Å². The number of carbonyl (C=O) groups is 1. The lowest BCUT2D eigenvalue weighted by Crippen LogP contribution is -2.21. The molecule has 0 aromatic heterocycles. The third-order valence-electron chi connectivity index (χ3n) is 3.68. The second kappa shape index (κ2) is 6.73. The topological polar surface area (TPSA) is 60.8 Å². The van der Waals surface area contributed by atoms with Crippen molar-refractivity contribution in [2.24, 2.45) is 0 Å². The Morgan fingerprint density at radius 3 is 2.32 bits per heavy atom. The summed E-state index contributed by atoms with van der Waals surface area (Å²) in [4.78, 5) is 13.4. The molecule has 0 radical (unpaired) electrons. The summed E-state index contributed by atoms with van der Waals surface area (Å²) >= 11 is 0. The summed E-state index contributed by atoms with van der Waals surface area (Å²) in [6.45, 7) is 2.19. The van der Waals surface area contributed by atoms with Crippen molar-refractivity contribution in [3.63, 3.8) is 0 Å². The maximum atomic E-state index is 11.5. The average molecular weight is 299 g/mol. The predicted molar refractivity (Wildman–Crippen MR) is 87.1 cm³/mol. The van der Waals surface area contributed by atoms with Crippen LogP contribution in [0.1, 0.15) is 27.6 Å². The van der Waals surface area contributed by atoms with E-state index in [4.69, 9.17) is 0 Å². The lowest BCUT2D eigenvalue weighted by molar-refractivity contribution is 0.0695. The van der Waals surface area contributed by atoms with E-state index < -0.39 is 12.1 Å². The fourth-order valence-corrected chi connectivity index (χ4v) is 2.55. The van der Waals surface area contributed by atoms with Crippen molar-refractivity contribution in [3.05, 3.63) is 59.2 Å². The lowest BCUT2D eigenvalue weighted by atomic mass is 9.92. The molecule has 1 atom stereocenters. The Hall–Kier alpha value is -2.17. The first-order valence-electron chi connectivity index (χ1n) is 7.16. The quantitative estimate of drug-likeness (QED) is 0.891.